The maximum absolute atomic E-state index is 13.2. The Morgan fingerprint density at radius 2 is 1.85 bits per heavy atom. The fourth-order valence-corrected chi connectivity index (χ4v) is 6.81. The Balaban J connectivity index is 1.17. The van der Waals surface area contributed by atoms with Gasteiger partial charge in [0.05, 0.1) is 11.3 Å². The van der Waals surface area contributed by atoms with Crippen LogP contribution in [0.5, 0.6) is 0 Å². The van der Waals surface area contributed by atoms with Gasteiger partial charge in [-0.1, -0.05) is 12.1 Å². The van der Waals surface area contributed by atoms with E-state index in [4.69, 9.17) is 4.74 Å². The van der Waals surface area contributed by atoms with Crippen molar-refractivity contribution in [2.45, 2.75) is 39.0 Å². The van der Waals surface area contributed by atoms with Crippen LogP contribution in [0.1, 0.15) is 35.5 Å². The van der Waals surface area contributed by atoms with Crippen LogP contribution in [0.3, 0.4) is 0 Å². The van der Waals surface area contributed by atoms with Crippen molar-refractivity contribution in [1.29, 1.82) is 0 Å². The molecule has 5 rings (SSSR count). The van der Waals surface area contributed by atoms with Gasteiger partial charge in [-0.05, 0) is 66.7 Å². The number of aryl methyl sites for hydroxylation is 1. The molecular formula is C30H33FIN5O3. The average Bonchev–Trinajstić information content (AvgIpc) is 2.92. The van der Waals surface area contributed by atoms with Crippen LogP contribution < -0.4 is 4.90 Å². The van der Waals surface area contributed by atoms with Crippen molar-refractivity contribution in [3.63, 3.8) is 0 Å². The van der Waals surface area contributed by atoms with E-state index in [9.17, 15) is 14.0 Å². The molecule has 0 radical (unpaired) electrons. The lowest BCUT2D eigenvalue weighted by Crippen LogP contribution is -2.55. The van der Waals surface area contributed by atoms with Crippen LogP contribution in [0.4, 0.5) is 14.9 Å². The van der Waals surface area contributed by atoms with Crippen LogP contribution in [0.15, 0.2) is 54.7 Å². The fourth-order valence-electron chi connectivity index (χ4n) is 4.85. The van der Waals surface area contributed by atoms with Crippen LogP contribution in [0, 0.1) is 12.7 Å². The van der Waals surface area contributed by atoms with Crippen molar-refractivity contribution in [2.24, 2.45) is 0 Å². The summed E-state index contributed by atoms with van der Waals surface area (Å²) in [7, 11) is 1.73. The molecule has 8 nitrogen and oxygen atoms in total. The topological polar surface area (TPSA) is 78.9 Å². The molecule has 1 aromatic heterocycles. The van der Waals surface area contributed by atoms with E-state index in [-0.39, 0.29) is 50.2 Å². The Kier molecular flexibility index (Phi) is 8.27. The van der Waals surface area contributed by atoms with Gasteiger partial charge in [-0.3, -0.25) is 9.69 Å². The van der Waals surface area contributed by atoms with Crippen molar-refractivity contribution in [3.05, 3.63) is 77.4 Å². The minimum atomic E-state index is -0.364. The first-order valence-electron chi connectivity index (χ1n) is 13.2. The monoisotopic (exact) mass is 657 g/mol. The molecule has 2 aliphatic rings. The summed E-state index contributed by atoms with van der Waals surface area (Å²) in [6, 6.07) is 14.0. The van der Waals surface area contributed by atoms with Gasteiger partial charge < -0.3 is 14.5 Å². The molecule has 0 saturated carbocycles. The molecule has 10 heteroatoms. The zero-order chi connectivity index (χ0) is 28.4. The summed E-state index contributed by atoms with van der Waals surface area (Å²) < 4.78 is 22.2. The number of aromatic nitrogens is 2. The van der Waals surface area contributed by atoms with Crippen LogP contribution in [0.25, 0.3) is 11.4 Å². The summed E-state index contributed by atoms with van der Waals surface area (Å²) >= 11 is 0.102. The first kappa shape index (κ1) is 28.3. The standard InChI is InChI=1S/C30H33FIN5O3/c1-20-16-36(13-14-37(20)29(39)40-30(3)18-32-19-30)17-22-5-11-25(12-6-22)35(4)28(38)26-15-33-27(34-21(26)2)23-7-9-24(31)10-8-23/h5-12,15,18,20H,13-14,16-17,19H2,1-4H3/t20-,30?/m0/s1. The number of halogens is 2. The second-order valence-corrected chi connectivity index (χ2v) is 12.9. The normalized spacial score (nSPS) is 20.8. The number of piperazine rings is 1. The van der Waals surface area contributed by atoms with Gasteiger partial charge in [-0.25, -0.2) is 19.2 Å². The summed E-state index contributed by atoms with van der Waals surface area (Å²) in [6.45, 7) is 8.78. The molecule has 0 bridgehead atoms. The van der Waals surface area contributed by atoms with Crippen molar-refractivity contribution >= 4 is 42.4 Å². The molecule has 0 spiro atoms. The Labute approximate surface area is 243 Å². The molecule has 3 aromatic rings. The second-order valence-electron chi connectivity index (χ2n) is 10.6. The minimum Gasteiger partial charge on any atom is -0.438 e. The lowest BCUT2D eigenvalue weighted by Gasteiger charge is -2.41. The van der Waals surface area contributed by atoms with Gasteiger partial charge in [0.15, 0.2) is 5.82 Å². The number of amides is 2. The number of hydrogen-bond acceptors (Lipinski definition) is 6. The zero-order valence-electron chi connectivity index (χ0n) is 23.1. The molecular weight excluding hydrogens is 624 g/mol. The summed E-state index contributed by atoms with van der Waals surface area (Å²) in [5, 5.41) is 0. The smallest absolute Gasteiger partial charge is 0.410 e. The van der Waals surface area contributed by atoms with Gasteiger partial charge in [0.2, 0.25) is 0 Å². The van der Waals surface area contributed by atoms with E-state index >= 15 is 0 Å². The fraction of sp³-hybridized carbons (Fsp3) is 0.367. The Hall–Kier alpha value is -3.25. The van der Waals surface area contributed by atoms with E-state index in [1.54, 1.807) is 31.0 Å². The largest absolute Gasteiger partial charge is 0.438 e. The number of alkyl halides is 1. The van der Waals surface area contributed by atoms with Crippen molar-refractivity contribution in [3.8, 4) is 11.4 Å². The zero-order valence-corrected chi connectivity index (χ0v) is 25.3. The summed E-state index contributed by atoms with van der Waals surface area (Å²) in [6.07, 6.45) is 1.31. The molecule has 1 saturated heterocycles. The SMILES string of the molecule is Cc1nc(-c2ccc(F)cc2)ncc1C(=O)N(C)c1ccc(CN2CCN(C(=O)OC3(C)C=IC3)[C@@H](C)C2)cc1. The van der Waals surface area contributed by atoms with E-state index in [0.717, 1.165) is 35.3 Å². The first-order chi connectivity index (χ1) is 19.1. The number of nitrogens with zero attached hydrogens (tertiary/aromatic N) is 5. The maximum Gasteiger partial charge on any atom is 0.410 e. The molecule has 3 heterocycles. The van der Waals surface area contributed by atoms with E-state index in [0.29, 0.717) is 29.2 Å². The third-order valence-electron chi connectivity index (χ3n) is 7.26. The Morgan fingerprint density at radius 1 is 1.15 bits per heavy atom. The number of rotatable bonds is 6. The highest BCUT2D eigenvalue weighted by atomic mass is 127. The van der Waals surface area contributed by atoms with Crippen molar-refractivity contribution in [2.75, 3.05) is 36.0 Å². The van der Waals surface area contributed by atoms with Crippen LogP contribution >= 0.6 is 20.7 Å². The van der Waals surface area contributed by atoms with Gasteiger partial charge in [-0.15, -0.1) is 20.7 Å². The number of anilines is 1. The van der Waals surface area contributed by atoms with Gasteiger partial charge in [0.1, 0.15) is 11.4 Å². The molecule has 1 unspecified atom stereocenters. The van der Waals surface area contributed by atoms with Gasteiger partial charge in [0, 0.05) is 61.1 Å². The van der Waals surface area contributed by atoms with Gasteiger partial charge in [0.25, 0.3) is 5.91 Å². The van der Waals surface area contributed by atoms with E-state index < -0.39 is 0 Å². The molecule has 2 aromatic carbocycles. The highest BCUT2D eigenvalue weighted by Gasteiger charge is 2.36. The minimum absolute atomic E-state index is 0.0718. The molecule has 210 valence electrons. The molecule has 0 aliphatic carbocycles. The van der Waals surface area contributed by atoms with E-state index in [1.165, 1.54) is 18.3 Å². The number of carbonyl (C=O) groups excluding carboxylic acids is 2. The summed E-state index contributed by atoms with van der Waals surface area (Å²) in [5.74, 6) is -0.0872. The number of ether oxygens (including phenoxy) is 1. The lowest BCUT2D eigenvalue weighted by atomic mass is 10.1. The predicted molar refractivity (Wildman–Crippen MR) is 163 cm³/mol. The number of benzene rings is 2. The van der Waals surface area contributed by atoms with Crippen LogP contribution in [-0.2, 0) is 11.3 Å². The molecule has 40 heavy (non-hydrogen) atoms. The van der Waals surface area contributed by atoms with E-state index in [1.807, 2.05) is 36.1 Å². The summed E-state index contributed by atoms with van der Waals surface area (Å²) in [4.78, 5) is 40.5. The Bertz CT molecular complexity index is 1430. The van der Waals surface area contributed by atoms with Crippen LogP contribution in [0.2, 0.25) is 0 Å². The van der Waals surface area contributed by atoms with Gasteiger partial charge >= 0.3 is 6.09 Å². The Morgan fingerprint density at radius 3 is 2.45 bits per heavy atom. The molecule has 2 amide bonds. The number of hydrogen-bond donors (Lipinski definition) is 0. The van der Waals surface area contributed by atoms with Crippen LogP contribution in [-0.4, -0.2) is 78.5 Å². The number of carbonyl (C=O) groups is 2. The lowest BCUT2D eigenvalue weighted by molar-refractivity contribution is 0.0225. The predicted octanol–water partition coefficient (Wildman–Crippen LogP) is 5.06. The van der Waals surface area contributed by atoms with Crippen molar-refractivity contribution < 1.29 is 18.7 Å². The van der Waals surface area contributed by atoms with Crippen molar-refractivity contribution in [1.82, 2.24) is 19.8 Å². The maximum atomic E-state index is 13.2. The highest BCUT2D eigenvalue weighted by Crippen LogP contribution is 2.28. The quantitative estimate of drug-likeness (QED) is 0.273. The average molecular weight is 658 g/mol. The molecule has 1 fully saturated rings. The second kappa shape index (κ2) is 11.7. The third kappa shape index (κ3) is 6.22. The summed E-state index contributed by atoms with van der Waals surface area (Å²) in [5.41, 5.74) is 3.19. The van der Waals surface area contributed by atoms with Gasteiger partial charge in [-0.2, -0.15) is 0 Å². The first-order valence-corrected chi connectivity index (χ1v) is 16.0. The third-order valence-corrected chi connectivity index (χ3v) is 11.0. The highest BCUT2D eigenvalue weighted by molar-refractivity contribution is 14.2. The molecule has 2 atom stereocenters. The van der Waals surface area contributed by atoms with E-state index in [2.05, 4.69) is 25.8 Å². The molecule has 0 N–H and O–H groups in total. The molecule has 2 aliphatic heterocycles.